The Hall–Kier alpha value is -0.610. The van der Waals surface area contributed by atoms with Crippen LogP contribution in [0.15, 0.2) is 0 Å². The monoisotopic (exact) mass is 199 g/mol. The third-order valence-electron chi connectivity index (χ3n) is 2.90. The molecule has 2 saturated heterocycles. The van der Waals surface area contributed by atoms with Crippen LogP contribution in [0.1, 0.15) is 26.7 Å². The van der Waals surface area contributed by atoms with Crippen molar-refractivity contribution in [2.45, 2.75) is 51.0 Å². The minimum atomic E-state index is -0.155. The van der Waals surface area contributed by atoms with Crippen molar-refractivity contribution in [2.24, 2.45) is 0 Å². The second kappa shape index (κ2) is 3.87. The highest BCUT2D eigenvalue weighted by molar-refractivity contribution is 5.76. The molecule has 80 valence electrons. The van der Waals surface area contributed by atoms with Gasteiger partial charge in [0.15, 0.2) is 0 Å². The van der Waals surface area contributed by atoms with Crippen LogP contribution >= 0.6 is 0 Å². The molecule has 2 rings (SSSR count). The summed E-state index contributed by atoms with van der Waals surface area (Å²) >= 11 is 0. The number of hydrogen-bond donors (Lipinski definition) is 1. The molecule has 1 N–H and O–H groups in total. The van der Waals surface area contributed by atoms with E-state index in [1.165, 1.54) is 0 Å². The van der Waals surface area contributed by atoms with Gasteiger partial charge < -0.3 is 9.47 Å². The number of esters is 1. The third-order valence-corrected chi connectivity index (χ3v) is 2.90. The van der Waals surface area contributed by atoms with E-state index in [-0.39, 0.29) is 18.1 Å². The van der Waals surface area contributed by atoms with E-state index < -0.39 is 0 Å². The number of rotatable bonds is 2. The number of nitrogens with one attached hydrogen (secondary N) is 1. The molecule has 2 aliphatic heterocycles. The molecule has 0 aliphatic carbocycles. The first-order valence-electron chi connectivity index (χ1n) is 5.29. The van der Waals surface area contributed by atoms with Crippen LogP contribution in [0.2, 0.25) is 0 Å². The predicted octanol–water partition coefficient (Wildman–Crippen LogP) is 0.457. The lowest BCUT2D eigenvalue weighted by atomic mass is 10.1. The fraction of sp³-hybridized carbons (Fsp3) is 0.900. The van der Waals surface area contributed by atoms with Gasteiger partial charge in [0.2, 0.25) is 0 Å². The number of carbonyl (C=O) groups is 1. The van der Waals surface area contributed by atoms with Gasteiger partial charge >= 0.3 is 5.97 Å². The summed E-state index contributed by atoms with van der Waals surface area (Å²) in [6.07, 6.45) is 2.29. The van der Waals surface area contributed by atoms with E-state index in [1.807, 2.05) is 6.92 Å². The summed E-state index contributed by atoms with van der Waals surface area (Å²) in [5, 5.41) is 3.27. The molecular formula is C10H17NO3. The maximum Gasteiger partial charge on any atom is 0.323 e. The molecule has 2 aliphatic rings. The Labute approximate surface area is 84.0 Å². The van der Waals surface area contributed by atoms with Gasteiger partial charge in [0.05, 0.1) is 18.8 Å². The first kappa shape index (κ1) is 9.93. The Morgan fingerprint density at radius 2 is 2.36 bits per heavy atom. The zero-order valence-corrected chi connectivity index (χ0v) is 8.66. The highest BCUT2D eigenvalue weighted by atomic mass is 16.5. The van der Waals surface area contributed by atoms with E-state index in [9.17, 15) is 4.79 Å². The molecule has 2 fully saturated rings. The van der Waals surface area contributed by atoms with Gasteiger partial charge in [-0.05, 0) is 20.3 Å². The van der Waals surface area contributed by atoms with Crippen LogP contribution < -0.4 is 5.32 Å². The van der Waals surface area contributed by atoms with Gasteiger partial charge in [0, 0.05) is 12.5 Å². The summed E-state index contributed by atoms with van der Waals surface area (Å²) in [5.41, 5.74) is 0. The van der Waals surface area contributed by atoms with E-state index >= 15 is 0 Å². The quantitative estimate of drug-likeness (QED) is 0.656. The van der Waals surface area contributed by atoms with Crippen molar-refractivity contribution in [1.82, 2.24) is 5.32 Å². The minimum Gasteiger partial charge on any atom is -0.465 e. The Morgan fingerprint density at radius 1 is 1.57 bits per heavy atom. The molecule has 4 heteroatoms. The maximum absolute atomic E-state index is 11.4. The van der Waals surface area contributed by atoms with Crippen LogP contribution in [-0.2, 0) is 14.3 Å². The molecule has 0 amide bonds. The van der Waals surface area contributed by atoms with E-state index in [4.69, 9.17) is 9.47 Å². The predicted molar refractivity (Wildman–Crippen MR) is 50.9 cm³/mol. The Bertz CT molecular complexity index is 217. The lowest BCUT2D eigenvalue weighted by molar-refractivity contribution is -0.145. The highest BCUT2D eigenvalue weighted by Gasteiger charge is 2.43. The van der Waals surface area contributed by atoms with Crippen molar-refractivity contribution in [2.75, 3.05) is 6.61 Å². The van der Waals surface area contributed by atoms with Crippen molar-refractivity contribution < 1.29 is 14.3 Å². The molecule has 0 bridgehead atoms. The van der Waals surface area contributed by atoms with Gasteiger partial charge in [-0.3, -0.25) is 10.1 Å². The molecule has 2 heterocycles. The van der Waals surface area contributed by atoms with Crippen molar-refractivity contribution in [1.29, 1.82) is 0 Å². The molecule has 0 saturated carbocycles. The second-order valence-corrected chi connectivity index (χ2v) is 4.03. The van der Waals surface area contributed by atoms with Crippen molar-refractivity contribution in [3.63, 3.8) is 0 Å². The van der Waals surface area contributed by atoms with Crippen LogP contribution in [0.5, 0.6) is 0 Å². The molecular weight excluding hydrogens is 182 g/mol. The van der Waals surface area contributed by atoms with Crippen molar-refractivity contribution in [3.05, 3.63) is 0 Å². The fourth-order valence-electron chi connectivity index (χ4n) is 2.32. The molecule has 4 unspecified atom stereocenters. The first-order chi connectivity index (χ1) is 6.70. The van der Waals surface area contributed by atoms with Crippen LogP contribution in [-0.4, -0.2) is 36.9 Å². The number of carbonyl (C=O) groups excluding carboxylic acids is 1. The average Bonchev–Trinajstić information content (AvgIpc) is 2.61. The summed E-state index contributed by atoms with van der Waals surface area (Å²) in [7, 11) is 0. The molecule has 14 heavy (non-hydrogen) atoms. The number of hydrogen-bond acceptors (Lipinski definition) is 4. The van der Waals surface area contributed by atoms with Gasteiger partial charge in [0.25, 0.3) is 0 Å². The van der Waals surface area contributed by atoms with E-state index in [2.05, 4.69) is 12.2 Å². The van der Waals surface area contributed by atoms with E-state index in [1.54, 1.807) is 0 Å². The standard InChI is InChI=1S/C10H17NO3/c1-3-13-10(12)8-5-9-7(11-8)4-6(2)14-9/h6-9,11H,3-5H2,1-2H3. The Kier molecular flexibility index (Phi) is 2.74. The molecule has 0 aromatic carbocycles. The van der Waals surface area contributed by atoms with Crippen LogP contribution in [0.3, 0.4) is 0 Å². The zero-order chi connectivity index (χ0) is 10.1. The lowest BCUT2D eigenvalue weighted by Crippen LogP contribution is -2.37. The van der Waals surface area contributed by atoms with Crippen LogP contribution in [0.25, 0.3) is 0 Å². The van der Waals surface area contributed by atoms with Gasteiger partial charge in [-0.1, -0.05) is 0 Å². The largest absolute Gasteiger partial charge is 0.465 e. The van der Waals surface area contributed by atoms with Gasteiger partial charge in [-0.2, -0.15) is 0 Å². The third kappa shape index (κ3) is 1.77. The van der Waals surface area contributed by atoms with Crippen LogP contribution in [0, 0.1) is 0 Å². The Balaban J connectivity index is 1.88. The average molecular weight is 199 g/mol. The summed E-state index contributed by atoms with van der Waals surface area (Å²) in [6.45, 7) is 4.34. The number of ether oxygens (including phenoxy) is 2. The molecule has 0 aromatic heterocycles. The summed E-state index contributed by atoms with van der Waals surface area (Å²) in [4.78, 5) is 11.4. The SMILES string of the molecule is CCOC(=O)C1CC2OC(C)CC2N1. The summed E-state index contributed by atoms with van der Waals surface area (Å²) in [5.74, 6) is -0.141. The second-order valence-electron chi connectivity index (χ2n) is 4.03. The first-order valence-corrected chi connectivity index (χ1v) is 5.29. The van der Waals surface area contributed by atoms with Gasteiger partial charge in [0.1, 0.15) is 6.04 Å². The lowest BCUT2D eigenvalue weighted by Gasteiger charge is -2.12. The number of fused-ring (bicyclic) bond motifs is 1. The van der Waals surface area contributed by atoms with E-state index in [0.717, 1.165) is 12.8 Å². The fourth-order valence-corrected chi connectivity index (χ4v) is 2.32. The zero-order valence-electron chi connectivity index (χ0n) is 8.66. The summed E-state index contributed by atoms with van der Waals surface area (Å²) < 4.78 is 10.6. The smallest absolute Gasteiger partial charge is 0.323 e. The minimum absolute atomic E-state index is 0.141. The molecule has 0 radical (unpaired) electrons. The molecule has 4 atom stereocenters. The normalized spacial score (nSPS) is 41.0. The topological polar surface area (TPSA) is 47.6 Å². The van der Waals surface area contributed by atoms with Gasteiger partial charge in [-0.25, -0.2) is 0 Å². The van der Waals surface area contributed by atoms with Crippen molar-refractivity contribution >= 4 is 5.97 Å². The molecule has 0 spiro atoms. The van der Waals surface area contributed by atoms with E-state index in [0.29, 0.717) is 18.8 Å². The molecule has 0 aromatic rings. The van der Waals surface area contributed by atoms with Crippen molar-refractivity contribution in [3.8, 4) is 0 Å². The Morgan fingerprint density at radius 3 is 3.00 bits per heavy atom. The highest BCUT2D eigenvalue weighted by Crippen LogP contribution is 2.29. The summed E-state index contributed by atoms with van der Waals surface area (Å²) in [6, 6.07) is 0.192. The van der Waals surface area contributed by atoms with Gasteiger partial charge in [-0.15, -0.1) is 0 Å². The van der Waals surface area contributed by atoms with Crippen LogP contribution in [0.4, 0.5) is 0 Å². The maximum atomic E-state index is 11.4. The molecule has 4 nitrogen and oxygen atoms in total.